The van der Waals surface area contributed by atoms with Gasteiger partial charge in [-0.1, -0.05) is 24.3 Å². The lowest BCUT2D eigenvalue weighted by Crippen LogP contribution is -2.14. The lowest BCUT2D eigenvalue weighted by atomic mass is 10.1. The van der Waals surface area contributed by atoms with Gasteiger partial charge in [0.1, 0.15) is 11.6 Å². The Labute approximate surface area is 148 Å². The summed E-state index contributed by atoms with van der Waals surface area (Å²) in [6.07, 6.45) is 0. The summed E-state index contributed by atoms with van der Waals surface area (Å²) in [6.45, 7) is 0. The predicted molar refractivity (Wildman–Crippen MR) is 94.7 cm³/mol. The van der Waals surface area contributed by atoms with Crippen LogP contribution in [0, 0.1) is 5.82 Å². The second-order valence-corrected chi connectivity index (χ2v) is 7.10. The van der Waals surface area contributed by atoms with Crippen molar-refractivity contribution in [2.75, 3.05) is 11.8 Å². The number of sulfonamides is 1. The Morgan fingerprint density at radius 1 is 1.08 bits per heavy atom. The van der Waals surface area contributed by atoms with Crippen LogP contribution in [-0.2, 0) is 10.0 Å². The number of ether oxygens (including phenoxy) is 1. The molecule has 0 saturated heterocycles. The Morgan fingerprint density at radius 3 is 2.42 bits per heavy atom. The van der Waals surface area contributed by atoms with E-state index in [-0.39, 0.29) is 16.1 Å². The third-order valence-electron chi connectivity index (χ3n) is 3.75. The van der Waals surface area contributed by atoms with Gasteiger partial charge in [0.25, 0.3) is 10.0 Å². The Hall–Kier alpha value is -3.13. The van der Waals surface area contributed by atoms with Gasteiger partial charge in [-0.15, -0.1) is 0 Å². The minimum atomic E-state index is -4.09. The summed E-state index contributed by atoms with van der Waals surface area (Å²) in [5, 5.41) is 10.0. The van der Waals surface area contributed by atoms with Gasteiger partial charge in [-0.3, -0.25) is 4.72 Å². The van der Waals surface area contributed by atoms with E-state index >= 15 is 0 Å². The molecule has 0 saturated carbocycles. The van der Waals surface area contributed by atoms with Crippen LogP contribution >= 0.6 is 0 Å². The van der Waals surface area contributed by atoms with Crippen molar-refractivity contribution in [2.24, 2.45) is 0 Å². The zero-order valence-electron chi connectivity index (χ0n) is 13.6. The lowest BCUT2D eigenvalue weighted by Gasteiger charge is -2.13. The molecule has 3 aromatic rings. The predicted octanol–water partition coefficient (Wildman–Crippen LogP) is 3.49. The largest absolute Gasteiger partial charge is 0.496 e. The second kappa shape index (κ2) is 6.64. The van der Waals surface area contributed by atoms with Crippen molar-refractivity contribution in [3.8, 4) is 5.75 Å². The van der Waals surface area contributed by atoms with Gasteiger partial charge in [0.15, 0.2) is 0 Å². The normalized spacial score (nSPS) is 11.3. The third kappa shape index (κ3) is 3.31. The molecule has 0 heterocycles. The lowest BCUT2D eigenvalue weighted by molar-refractivity contribution is 0.0696. The molecule has 26 heavy (non-hydrogen) atoms. The van der Waals surface area contributed by atoms with Crippen molar-refractivity contribution >= 4 is 32.5 Å². The van der Waals surface area contributed by atoms with E-state index in [2.05, 4.69) is 4.72 Å². The van der Waals surface area contributed by atoms with Crippen LogP contribution in [-0.4, -0.2) is 26.6 Å². The topological polar surface area (TPSA) is 92.7 Å². The molecule has 0 aliphatic carbocycles. The van der Waals surface area contributed by atoms with Crippen LogP contribution in [0.3, 0.4) is 0 Å². The number of rotatable bonds is 5. The van der Waals surface area contributed by atoms with Crippen molar-refractivity contribution in [3.05, 3.63) is 66.0 Å². The molecule has 0 radical (unpaired) electrons. The van der Waals surface area contributed by atoms with Gasteiger partial charge in [0.05, 0.1) is 23.3 Å². The first-order valence-electron chi connectivity index (χ1n) is 7.44. The van der Waals surface area contributed by atoms with Crippen molar-refractivity contribution in [1.82, 2.24) is 0 Å². The van der Waals surface area contributed by atoms with Crippen LogP contribution in [0.4, 0.5) is 10.1 Å². The SMILES string of the molecule is COc1ccc(S(=O)(=O)Nc2cc(F)cc(C(=O)O)c2)c2ccccc12. The van der Waals surface area contributed by atoms with E-state index in [1.54, 1.807) is 24.3 Å². The molecular weight excluding hydrogens is 361 g/mol. The van der Waals surface area contributed by atoms with Crippen LogP contribution in [0.5, 0.6) is 5.75 Å². The maximum absolute atomic E-state index is 13.6. The Kier molecular flexibility index (Phi) is 4.52. The summed E-state index contributed by atoms with van der Waals surface area (Å²) < 4.78 is 46.6. The summed E-state index contributed by atoms with van der Waals surface area (Å²) in [5.74, 6) is -1.71. The fraction of sp³-hybridized carbons (Fsp3) is 0.0556. The highest BCUT2D eigenvalue weighted by Crippen LogP contribution is 2.31. The molecule has 0 bridgehead atoms. The van der Waals surface area contributed by atoms with Gasteiger partial charge < -0.3 is 9.84 Å². The summed E-state index contributed by atoms with van der Waals surface area (Å²) >= 11 is 0. The molecule has 0 atom stereocenters. The van der Waals surface area contributed by atoms with Crippen molar-refractivity contribution in [1.29, 1.82) is 0 Å². The summed E-state index contributed by atoms with van der Waals surface area (Å²) in [7, 11) is -2.61. The number of benzene rings is 3. The number of methoxy groups -OCH3 is 1. The Bertz CT molecular complexity index is 1110. The number of carboxylic acid groups (broad SMARTS) is 1. The number of nitrogens with one attached hydrogen (secondary N) is 1. The molecule has 0 aliphatic heterocycles. The van der Waals surface area contributed by atoms with Gasteiger partial charge in [-0.05, 0) is 30.3 Å². The molecule has 134 valence electrons. The molecule has 6 nitrogen and oxygen atoms in total. The average Bonchev–Trinajstić information content (AvgIpc) is 2.59. The quantitative estimate of drug-likeness (QED) is 0.712. The third-order valence-corrected chi connectivity index (χ3v) is 5.19. The molecule has 3 rings (SSSR count). The van der Waals surface area contributed by atoms with Gasteiger partial charge in [0, 0.05) is 10.8 Å². The van der Waals surface area contributed by atoms with E-state index in [0.29, 0.717) is 16.5 Å². The molecule has 8 heteroatoms. The van der Waals surface area contributed by atoms with E-state index in [1.165, 1.54) is 19.2 Å². The van der Waals surface area contributed by atoms with E-state index in [0.717, 1.165) is 18.2 Å². The highest BCUT2D eigenvalue weighted by Gasteiger charge is 2.20. The van der Waals surface area contributed by atoms with E-state index in [9.17, 15) is 17.6 Å². The number of carboxylic acids is 1. The summed E-state index contributed by atoms with van der Waals surface area (Å²) in [6, 6.07) is 12.4. The van der Waals surface area contributed by atoms with Gasteiger partial charge in [-0.2, -0.15) is 0 Å². The molecule has 0 spiro atoms. The van der Waals surface area contributed by atoms with Crippen LogP contribution in [0.1, 0.15) is 10.4 Å². The smallest absolute Gasteiger partial charge is 0.335 e. The zero-order valence-corrected chi connectivity index (χ0v) is 14.4. The first-order chi connectivity index (χ1) is 12.3. The van der Waals surface area contributed by atoms with Crippen molar-refractivity contribution < 1.29 is 27.4 Å². The minimum Gasteiger partial charge on any atom is -0.496 e. The minimum absolute atomic E-state index is 0.0324. The maximum Gasteiger partial charge on any atom is 0.335 e. The molecule has 0 amide bonds. The monoisotopic (exact) mass is 375 g/mol. The Balaban J connectivity index is 2.10. The number of hydrogen-bond acceptors (Lipinski definition) is 4. The molecule has 0 aliphatic rings. The standard InChI is InChI=1S/C18H14FNO5S/c1-25-16-6-7-17(15-5-3-2-4-14(15)16)26(23,24)20-13-9-11(18(21)22)8-12(19)10-13/h2-10,20H,1H3,(H,21,22). The zero-order chi connectivity index (χ0) is 18.9. The number of anilines is 1. The van der Waals surface area contributed by atoms with Gasteiger partial charge in [-0.25, -0.2) is 17.6 Å². The first-order valence-corrected chi connectivity index (χ1v) is 8.92. The average molecular weight is 375 g/mol. The Morgan fingerprint density at radius 2 is 1.77 bits per heavy atom. The molecule has 0 aromatic heterocycles. The molecular formula is C18H14FNO5S. The number of carbonyl (C=O) groups is 1. The van der Waals surface area contributed by atoms with Crippen LogP contribution in [0.25, 0.3) is 10.8 Å². The van der Waals surface area contributed by atoms with E-state index in [4.69, 9.17) is 9.84 Å². The summed E-state index contributed by atoms with van der Waals surface area (Å²) in [4.78, 5) is 11.0. The first kappa shape index (κ1) is 17.7. The highest BCUT2D eigenvalue weighted by atomic mass is 32.2. The van der Waals surface area contributed by atoms with Crippen LogP contribution in [0.15, 0.2) is 59.5 Å². The number of fused-ring (bicyclic) bond motifs is 1. The number of aromatic carboxylic acids is 1. The molecule has 0 fully saturated rings. The fourth-order valence-electron chi connectivity index (χ4n) is 2.64. The number of hydrogen-bond donors (Lipinski definition) is 2. The molecule has 2 N–H and O–H groups in total. The molecule has 0 unspecified atom stereocenters. The van der Waals surface area contributed by atoms with Crippen LogP contribution < -0.4 is 9.46 Å². The fourth-order valence-corrected chi connectivity index (χ4v) is 3.89. The highest BCUT2D eigenvalue weighted by molar-refractivity contribution is 7.93. The van der Waals surface area contributed by atoms with E-state index < -0.39 is 21.8 Å². The van der Waals surface area contributed by atoms with Gasteiger partial charge in [0.2, 0.25) is 0 Å². The summed E-state index contributed by atoms with van der Waals surface area (Å²) in [5.41, 5.74) is -0.537. The maximum atomic E-state index is 13.6. The molecule has 3 aromatic carbocycles. The second-order valence-electron chi connectivity index (χ2n) is 5.45. The number of halogens is 1. The van der Waals surface area contributed by atoms with Crippen LogP contribution in [0.2, 0.25) is 0 Å². The van der Waals surface area contributed by atoms with Crippen molar-refractivity contribution in [3.63, 3.8) is 0 Å². The van der Waals surface area contributed by atoms with Gasteiger partial charge >= 0.3 is 5.97 Å². The van der Waals surface area contributed by atoms with E-state index in [1.807, 2.05) is 0 Å². The van der Waals surface area contributed by atoms with Crippen molar-refractivity contribution in [2.45, 2.75) is 4.90 Å².